The monoisotopic (exact) mass is 432 g/mol. The van der Waals surface area contributed by atoms with E-state index in [9.17, 15) is 9.59 Å². The van der Waals surface area contributed by atoms with E-state index in [1.165, 1.54) is 4.57 Å². The molecular formula is C24H28N6O2. The lowest BCUT2D eigenvalue weighted by molar-refractivity contribution is 0.0729. The van der Waals surface area contributed by atoms with Gasteiger partial charge in [-0.2, -0.15) is 0 Å². The molecule has 4 heterocycles. The van der Waals surface area contributed by atoms with Gasteiger partial charge in [-0.05, 0) is 70.4 Å². The highest BCUT2D eigenvalue weighted by Crippen LogP contribution is 2.33. The van der Waals surface area contributed by atoms with Gasteiger partial charge in [0.05, 0.1) is 11.7 Å². The van der Waals surface area contributed by atoms with Gasteiger partial charge in [-0.3, -0.25) is 9.59 Å². The molecular weight excluding hydrogens is 404 g/mol. The van der Waals surface area contributed by atoms with Crippen LogP contribution in [0.15, 0.2) is 35.1 Å². The van der Waals surface area contributed by atoms with E-state index in [2.05, 4.69) is 15.3 Å². The molecule has 1 saturated heterocycles. The molecule has 0 aliphatic carbocycles. The van der Waals surface area contributed by atoms with Crippen molar-refractivity contribution >= 4 is 17.7 Å². The molecule has 1 aliphatic rings. The first-order valence-corrected chi connectivity index (χ1v) is 10.8. The molecule has 0 radical (unpaired) electrons. The molecule has 0 aromatic carbocycles. The van der Waals surface area contributed by atoms with Crippen molar-refractivity contribution in [1.82, 2.24) is 24.4 Å². The number of aryl methyl sites for hydroxylation is 4. The van der Waals surface area contributed by atoms with E-state index in [-0.39, 0.29) is 23.1 Å². The van der Waals surface area contributed by atoms with Crippen LogP contribution in [0.5, 0.6) is 0 Å². The first kappa shape index (κ1) is 21.7. The van der Waals surface area contributed by atoms with Gasteiger partial charge in [0.15, 0.2) is 0 Å². The Kier molecular flexibility index (Phi) is 5.78. The summed E-state index contributed by atoms with van der Waals surface area (Å²) in [5.74, 6) is 0.878. The van der Waals surface area contributed by atoms with Gasteiger partial charge < -0.3 is 14.8 Å². The Bertz CT molecular complexity index is 1230. The number of aromatic nitrogens is 4. The predicted molar refractivity (Wildman–Crippen MR) is 123 cm³/mol. The van der Waals surface area contributed by atoms with Crippen LogP contribution in [-0.2, 0) is 7.05 Å². The summed E-state index contributed by atoms with van der Waals surface area (Å²) in [7, 11) is 1.70. The third-order valence-electron chi connectivity index (χ3n) is 5.93. The van der Waals surface area contributed by atoms with Gasteiger partial charge in [0.1, 0.15) is 11.4 Å². The molecule has 32 heavy (non-hydrogen) atoms. The highest BCUT2D eigenvalue weighted by molar-refractivity contribution is 5.95. The summed E-state index contributed by atoms with van der Waals surface area (Å²) in [6.07, 6.45) is 1.66. The minimum absolute atomic E-state index is 0.185. The van der Waals surface area contributed by atoms with E-state index in [0.717, 1.165) is 35.6 Å². The van der Waals surface area contributed by atoms with Crippen molar-refractivity contribution in [1.29, 1.82) is 0 Å². The summed E-state index contributed by atoms with van der Waals surface area (Å²) in [6.45, 7) is 8.12. The molecule has 1 atom stereocenters. The van der Waals surface area contributed by atoms with Crippen molar-refractivity contribution in [2.75, 3.05) is 11.9 Å². The van der Waals surface area contributed by atoms with E-state index in [0.29, 0.717) is 23.9 Å². The third-order valence-corrected chi connectivity index (χ3v) is 5.93. The normalized spacial score (nSPS) is 15.8. The minimum atomic E-state index is -0.256. The molecule has 4 rings (SSSR count). The number of pyridine rings is 2. The SMILES string of the molecule is Cc1cc(C)nc(Nc2cccc([C@@H]3CCCN3C(=O)c3c(C)cc(C)n(C)c3=O)n2)n1. The maximum absolute atomic E-state index is 13.4. The zero-order chi connectivity index (χ0) is 23.0. The van der Waals surface area contributed by atoms with Crippen LogP contribution in [0.1, 0.15) is 57.6 Å². The average molecular weight is 433 g/mol. The Balaban J connectivity index is 1.63. The molecule has 3 aromatic rings. The van der Waals surface area contributed by atoms with Crippen molar-refractivity contribution in [3.63, 3.8) is 0 Å². The summed E-state index contributed by atoms with van der Waals surface area (Å²) in [5.41, 5.74) is 4.05. The van der Waals surface area contributed by atoms with Crippen LogP contribution < -0.4 is 10.9 Å². The number of nitrogens with one attached hydrogen (secondary N) is 1. The quantitative estimate of drug-likeness (QED) is 0.678. The lowest BCUT2D eigenvalue weighted by Crippen LogP contribution is -2.37. The summed E-state index contributed by atoms with van der Waals surface area (Å²) in [4.78, 5) is 41.6. The largest absolute Gasteiger partial charge is 0.330 e. The van der Waals surface area contributed by atoms with Crippen molar-refractivity contribution in [2.45, 2.75) is 46.6 Å². The van der Waals surface area contributed by atoms with Gasteiger partial charge >= 0.3 is 0 Å². The topological polar surface area (TPSA) is 93.0 Å². The van der Waals surface area contributed by atoms with E-state index in [1.807, 2.05) is 58.0 Å². The van der Waals surface area contributed by atoms with E-state index in [1.54, 1.807) is 11.9 Å². The summed E-state index contributed by atoms with van der Waals surface area (Å²) < 4.78 is 1.53. The maximum Gasteiger partial charge on any atom is 0.263 e. The van der Waals surface area contributed by atoms with Crippen molar-refractivity contribution in [3.05, 3.63) is 74.6 Å². The number of rotatable bonds is 4. The molecule has 0 saturated carbocycles. The first-order chi connectivity index (χ1) is 15.2. The fourth-order valence-electron chi connectivity index (χ4n) is 4.30. The van der Waals surface area contributed by atoms with Crippen LogP contribution in [0.2, 0.25) is 0 Å². The van der Waals surface area contributed by atoms with Crippen LogP contribution in [0, 0.1) is 27.7 Å². The van der Waals surface area contributed by atoms with Gasteiger partial charge in [0.25, 0.3) is 11.5 Å². The van der Waals surface area contributed by atoms with Crippen LogP contribution in [0.4, 0.5) is 11.8 Å². The number of hydrogen-bond acceptors (Lipinski definition) is 6. The van der Waals surface area contributed by atoms with E-state index < -0.39 is 0 Å². The summed E-state index contributed by atoms with van der Waals surface area (Å²) in [6, 6.07) is 9.29. The molecule has 166 valence electrons. The molecule has 0 spiro atoms. The van der Waals surface area contributed by atoms with Gasteiger partial charge in [-0.25, -0.2) is 15.0 Å². The molecule has 8 nitrogen and oxygen atoms in total. The summed E-state index contributed by atoms with van der Waals surface area (Å²) >= 11 is 0. The Morgan fingerprint density at radius 1 is 1.06 bits per heavy atom. The zero-order valence-corrected chi connectivity index (χ0v) is 19.1. The molecule has 1 aliphatic heterocycles. The molecule has 0 bridgehead atoms. The van der Waals surface area contributed by atoms with Crippen molar-refractivity contribution in [2.24, 2.45) is 7.05 Å². The van der Waals surface area contributed by atoms with E-state index >= 15 is 0 Å². The minimum Gasteiger partial charge on any atom is -0.330 e. The van der Waals surface area contributed by atoms with Crippen LogP contribution in [-0.4, -0.2) is 36.9 Å². The van der Waals surface area contributed by atoms with Crippen LogP contribution >= 0.6 is 0 Å². The molecule has 0 unspecified atom stereocenters. The van der Waals surface area contributed by atoms with Gasteiger partial charge in [-0.1, -0.05) is 6.07 Å². The fourth-order valence-corrected chi connectivity index (χ4v) is 4.30. The number of likely N-dealkylation sites (tertiary alicyclic amines) is 1. The Hall–Kier alpha value is -3.55. The Labute approximate surface area is 187 Å². The lowest BCUT2D eigenvalue weighted by atomic mass is 10.1. The van der Waals surface area contributed by atoms with Crippen LogP contribution in [0.3, 0.4) is 0 Å². The molecule has 8 heteroatoms. The van der Waals surface area contributed by atoms with Gasteiger partial charge in [0, 0.05) is 30.7 Å². The third kappa shape index (κ3) is 4.12. The highest BCUT2D eigenvalue weighted by Gasteiger charge is 2.33. The number of hydrogen-bond donors (Lipinski definition) is 1. The second-order valence-electron chi connectivity index (χ2n) is 8.41. The smallest absolute Gasteiger partial charge is 0.263 e. The highest BCUT2D eigenvalue weighted by atomic mass is 16.2. The molecule has 1 fully saturated rings. The number of amides is 1. The lowest BCUT2D eigenvalue weighted by Gasteiger charge is -2.25. The zero-order valence-electron chi connectivity index (χ0n) is 19.1. The first-order valence-electron chi connectivity index (χ1n) is 10.8. The average Bonchev–Trinajstić information content (AvgIpc) is 3.21. The van der Waals surface area contributed by atoms with Gasteiger partial charge in [0.2, 0.25) is 5.95 Å². The number of carbonyl (C=O) groups is 1. The molecule has 3 aromatic heterocycles. The molecule has 1 N–H and O–H groups in total. The Morgan fingerprint density at radius 2 is 1.78 bits per heavy atom. The Morgan fingerprint density at radius 3 is 2.50 bits per heavy atom. The second-order valence-corrected chi connectivity index (χ2v) is 8.41. The number of anilines is 2. The number of nitrogens with zero attached hydrogens (tertiary/aromatic N) is 5. The maximum atomic E-state index is 13.4. The number of carbonyl (C=O) groups excluding carboxylic acids is 1. The summed E-state index contributed by atoms with van der Waals surface area (Å²) in [5, 5.41) is 3.17. The predicted octanol–water partition coefficient (Wildman–Crippen LogP) is 3.52. The van der Waals surface area contributed by atoms with Crippen molar-refractivity contribution in [3.8, 4) is 0 Å². The molecule has 1 amide bonds. The fraction of sp³-hybridized carbons (Fsp3) is 0.375. The van der Waals surface area contributed by atoms with Gasteiger partial charge in [-0.15, -0.1) is 0 Å². The standard InChI is InChI=1S/C24H28N6O2/c1-14-12-17(4)29(5)22(31)21(14)23(32)30-11-7-9-19(30)18-8-6-10-20(27-18)28-24-25-15(2)13-16(3)26-24/h6,8,10,12-13,19H,7,9,11H2,1-5H3,(H,25,26,27,28)/t19-/m0/s1. The van der Waals surface area contributed by atoms with Crippen molar-refractivity contribution < 1.29 is 4.79 Å². The van der Waals surface area contributed by atoms with Crippen LogP contribution in [0.25, 0.3) is 0 Å². The van der Waals surface area contributed by atoms with E-state index in [4.69, 9.17) is 4.98 Å². The second kappa shape index (κ2) is 8.53.